The molecule has 102 valence electrons. The van der Waals surface area contributed by atoms with E-state index >= 15 is 0 Å². The van der Waals surface area contributed by atoms with Crippen LogP contribution in [0.15, 0.2) is 12.3 Å². The van der Waals surface area contributed by atoms with Gasteiger partial charge in [-0.2, -0.15) is 0 Å². The lowest BCUT2D eigenvalue weighted by molar-refractivity contribution is -0.132. The van der Waals surface area contributed by atoms with Gasteiger partial charge in [0.25, 0.3) is 0 Å². The minimum Gasteiger partial charge on any atom is -0.344 e. The average Bonchev–Trinajstić information content (AvgIpc) is 2.71. The number of nitrogens with one attached hydrogen (secondary N) is 1. The number of carbonyl (C=O) groups excluding carboxylic acids is 1. The van der Waals surface area contributed by atoms with Crippen LogP contribution in [0, 0.1) is 4.77 Å². The Morgan fingerprint density at radius 2 is 2.37 bits per heavy atom. The maximum atomic E-state index is 12.2. The van der Waals surface area contributed by atoms with Crippen molar-refractivity contribution >= 4 is 40.9 Å². The zero-order valence-corrected chi connectivity index (χ0v) is 12.5. The van der Waals surface area contributed by atoms with Crippen LogP contribution in [0.5, 0.6) is 0 Å². The number of aromatic nitrogens is 3. The summed E-state index contributed by atoms with van der Waals surface area (Å²) in [6.07, 6.45) is 1.55. The molecule has 0 radical (unpaired) electrons. The number of aromatic amines is 1. The molecule has 1 unspecified atom stereocenters. The SMILES string of the molecule is CCN(C)C(=O)C(C)n1c(=S)[nH]c2cc(Cl)cnc21. The second-order valence-corrected chi connectivity index (χ2v) is 5.18. The fraction of sp³-hybridized carbons (Fsp3) is 0.417. The van der Waals surface area contributed by atoms with Gasteiger partial charge in [0.2, 0.25) is 5.91 Å². The Bertz CT molecular complexity index is 678. The van der Waals surface area contributed by atoms with E-state index in [4.69, 9.17) is 23.8 Å². The largest absolute Gasteiger partial charge is 0.344 e. The Balaban J connectivity index is 2.53. The smallest absolute Gasteiger partial charge is 0.245 e. The van der Waals surface area contributed by atoms with Crippen LogP contribution in [0.3, 0.4) is 0 Å². The maximum Gasteiger partial charge on any atom is 0.245 e. The second kappa shape index (κ2) is 5.30. The van der Waals surface area contributed by atoms with Gasteiger partial charge in [-0.15, -0.1) is 0 Å². The van der Waals surface area contributed by atoms with Crippen LogP contribution in [-0.4, -0.2) is 38.9 Å². The maximum absolute atomic E-state index is 12.2. The standard InChI is InChI=1S/C12H15ClN4OS/c1-4-16(3)11(18)7(2)17-10-9(15-12(17)19)5-8(13)6-14-10/h5-7H,4H2,1-3H3,(H,15,19). The zero-order valence-electron chi connectivity index (χ0n) is 11.0. The van der Waals surface area contributed by atoms with Crippen molar-refractivity contribution in [2.75, 3.05) is 13.6 Å². The molecule has 0 bridgehead atoms. The van der Waals surface area contributed by atoms with Gasteiger partial charge < -0.3 is 9.88 Å². The normalized spacial score (nSPS) is 12.6. The molecule has 0 aromatic carbocycles. The first-order valence-electron chi connectivity index (χ1n) is 5.96. The van der Waals surface area contributed by atoms with E-state index in [2.05, 4.69) is 9.97 Å². The summed E-state index contributed by atoms with van der Waals surface area (Å²) in [6.45, 7) is 4.39. The van der Waals surface area contributed by atoms with E-state index in [0.29, 0.717) is 22.0 Å². The summed E-state index contributed by atoms with van der Waals surface area (Å²) in [4.78, 5) is 21.2. The van der Waals surface area contributed by atoms with E-state index in [1.54, 1.807) is 28.8 Å². The molecule has 0 fully saturated rings. The Hall–Kier alpha value is -1.40. The third-order valence-corrected chi connectivity index (χ3v) is 3.62. The lowest BCUT2D eigenvalue weighted by atomic mass is 10.3. The number of fused-ring (bicyclic) bond motifs is 1. The van der Waals surface area contributed by atoms with Gasteiger partial charge in [-0.3, -0.25) is 9.36 Å². The molecule has 0 saturated heterocycles. The van der Waals surface area contributed by atoms with Gasteiger partial charge >= 0.3 is 0 Å². The predicted molar refractivity (Wildman–Crippen MR) is 77.9 cm³/mol. The molecule has 0 aliphatic carbocycles. The molecule has 19 heavy (non-hydrogen) atoms. The summed E-state index contributed by atoms with van der Waals surface area (Å²) < 4.78 is 2.19. The molecule has 1 amide bonds. The number of likely N-dealkylation sites (N-methyl/N-ethyl adjacent to an activating group) is 1. The van der Waals surface area contributed by atoms with Crippen molar-refractivity contribution in [2.24, 2.45) is 0 Å². The second-order valence-electron chi connectivity index (χ2n) is 4.35. The summed E-state index contributed by atoms with van der Waals surface area (Å²) >= 11 is 11.2. The molecule has 0 aliphatic heterocycles. The molecule has 0 saturated carbocycles. The van der Waals surface area contributed by atoms with Crippen LogP contribution in [0.2, 0.25) is 5.02 Å². The van der Waals surface area contributed by atoms with Gasteiger partial charge in [0.05, 0.1) is 10.5 Å². The molecule has 2 heterocycles. The van der Waals surface area contributed by atoms with Crippen molar-refractivity contribution in [2.45, 2.75) is 19.9 Å². The minimum absolute atomic E-state index is 0.00347. The number of hydrogen-bond donors (Lipinski definition) is 1. The average molecular weight is 299 g/mol. The molecule has 7 heteroatoms. The summed E-state index contributed by atoms with van der Waals surface area (Å²) in [5.74, 6) is -0.00347. The van der Waals surface area contributed by atoms with Gasteiger partial charge in [-0.1, -0.05) is 11.6 Å². The highest BCUT2D eigenvalue weighted by Crippen LogP contribution is 2.21. The van der Waals surface area contributed by atoms with Crippen LogP contribution in [0.25, 0.3) is 11.2 Å². The van der Waals surface area contributed by atoms with Crippen LogP contribution in [0.4, 0.5) is 0 Å². The monoisotopic (exact) mass is 298 g/mol. The van der Waals surface area contributed by atoms with Crippen LogP contribution < -0.4 is 0 Å². The molecule has 2 aromatic heterocycles. The highest BCUT2D eigenvalue weighted by molar-refractivity contribution is 7.71. The number of pyridine rings is 1. The highest BCUT2D eigenvalue weighted by Gasteiger charge is 2.21. The molecule has 0 spiro atoms. The first kappa shape index (κ1) is 14.0. The third kappa shape index (κ3) is 2.50. The van der Waals surface area contributed by atoms with Crippen LogP contribution in [-0.2, 0) is 4.79 Å². The van der Waals surface area contributed by atoms with Gasteiger partial charge in [-0.05, 0) is 32.1 Å². The molecule has 2 aromatic rings. The molecule has 1 N–H and O–H groups in total. The Morgan fingerprint density at radius 1 is 1.68 bits per heavy atom. The summed E-state index contributed by atoms with van der Waals surface area (Å²) in [6, 6.07) is 1.34. The van der Waals surface area contributed by atoms with Crippen molar-refractivity contribution < 1.29 is 4.79 Å². The summed E-state index contributed by atoms with van der Waals surface area (Å²) in [5, 5.41) is 0.528. The Labute approximate surface area is 121 Å². The van der Waals surface area contributed by atoms with Crippen molar-refractivity contribution in [3.8, 4) is 0 Å². The minimum atomic E-state index is -0.403. The number of imidazole rings is 1. The van der Waals surface area contributed by atoms with Gasteiger partial charge in [-0.25, -0.2) is 4.98 Å². The van der Waals surface area contributed by atoms with Gasteiger partial charge in [0, 0.05) is 19.8 Å². The number of H-pyrrole nitrogens is 1. The Kier molecular flexibility index (Phi) is 3.91. The van der Waals surface area contributed by atoms with E-state index in [-0.39, 0.29) is 5.91 Å². The van der Waals surface area contributed by atoms with Gasteiger partial charge in [0.15, 0.2) is 10.4 Å². The van der Waals surface area contributed by atoms with E-state index in [1.165, 1.54) is 0 Å². The number of amides is 1. The zero-order chi connectivity index (χ0) is 14.2. The lowest BCUT2D eigenvalue weighted by Gasteiger charge is -2.20. The van der Waals surface area contributed by atoms with E-state index in [0.717, 1.165) is 5.52 Å². The van der Waals surface area contributed by atoms with E-state index in [9.17, 15) is 4.79 Å². The lowest BCUT2D eigenvalue weighted by Crippen LogP contribution is -2.33. The van der Waals surface area contributed by atoms with Crippen molar-refractivity contribution in [1.82, 2.24) is 19.4 Å². The molecule has 5 nitrogen and oxygen atoms in total. The topological polar surface area (TPSA) is 53.9 Å². The highest BCUT2D eigenvalue weighted by atomic mass is 35.5. The molecular formula is C12H15ClN4OS. The van der Waals surface area contributed by atoms with Crippen molar-refractivity contribution in [1.29, 1.82) is 0 Å². The van der Waals surface area contributed by atoms with E-state index < -0.39 is 6.04 Å². The number of hydrogen-bond acceptors (Lipinski definition) is 3. The fourth-order valence-electron chi connectivity index (χ4n) is 1.93. The number of halogens is 1. The molecular weight excluding hydrogens is 284 g/mol. The van der Waals surface area contributed by atoms with Crippen molar-refractivity contribution in [3.05, 3.63) is 22.1 Å². The molecule has 0 aliphatic rings. The van der Waals surface area contributed by atoms with E-state index in [1.807, 2.05) is 13.8 Å². The summed E-state index contributed by atoms with van der Waals surface area (Å²) in [5.41, 5.74) is 1.37. The van der Waals surface area contributed by atoms with Crippen molar-refractivity contribution in [3.63, 3.8) is 0 Å². The van der Waals surface area contributed by atoms with Crippen LogP contribution in [0.1, 0.15) is 19.9 Å². The van der Waals surface area contributed by atoms with Gasteiger partial charge in [0.1, 0.15) is 6.04 Å². The first-order valence-corrected chi connectivity index (χ1v) is 6.75. The predicted octanol–water partition coefficient (Wildman–Crippen LogP) is 2.79. The number of nitrogens with zero attached hydrogens (tertiary/aromatic N) is 3. The third-order valence-electron chi connectivity index (χ3n) is 3.12. The Morgan fingerprint density at radius 3 is 3.00 bits per heavy atom. The summed E-state index contributed by atoms with van der Waals surface area (Å²) in [7, 11) is 1.77. The van der Waals surface area contributed by atoms with Crippen LogP contribution >= 0.6 is 23.8 Å². The quantitative estimate of drug-likeness (QED) is 0.887. The first-order chi connectivity index (χ1) is 8.95. The number of carbonyl (C=O) groups is 1. The molecule has 2 rings (SSSR count). The fourth-order valence-corrected chi connectivity index (χ4v) is 2.44. The number of rotatable bonds is 3. The molecule has 1 atom stereocenters.